The molecule has 0 spiro atoms. The second-order valence-corrected chi connectivity index (χ2v) is 5.38. The van der Waals surface area contributed by atoms with Crippen LogP contribution in [0.25, 0.3) is 0 Å². The molecule has 3 aliphatic rings. The first kappa shape index (κ1) is 10.2. The van der Waals surface area contributed by atoms with Crippen molar-refractivity contribution in [1.82, 2.24) is 4.90 Å². The molecule has 2 bridgehead atoms. The first-order valence-electron chi connectivity index (χ1n) is 5.66. The molecule has 2 saturated heterocycles. The molecule has 3 heteroatoms. The third kappa shape index (κ3) is 1.23. The maximum atomic E-state index is 11.6. The molecule has 16 heavy (non-hydrogen) atoms. The lowest BCUT2D eigenvalue weighted by Crippen LogP contribution is -2.44. The zero-order valence-electron chi connectivity index (χ0n) is 9.24. The molecular weight excluding hydrogens is 222 g/mol. The smallest absolute Gasteiger partial charge is 0.220 e. The number of benzene rings is 1. The average Bonchev–Trinajstić information content (AvgIpc) is 2.73. The van der Waals surface area contributed by atoms with Crippen molar-refractivity contribution in [2.75, 3.05) is 6.54 Å². The van der Waals surface area contributed by atoms with Crippen molar-refractivity contribution in [1.29, 1.82) is 0 Å². The molecule has 0 N–H and O–H groups in total. The Labute approximate surface area is 100 Å². The van der Waals surface area contributed by atoms with Gasteiger partial charge in [-0.05, 0) is 36.5 Å². The van der Waals surface area contributed by atoms with Gasteiger partial charge >= 0.3 is 0 Å². The molecule has 1 aromatic rings. The van der Waals surface area contributed by atoms with Crippen LogP contribution in [0.15, 0.2) is 24.3 Å². The standard InChI is InChI=1S/C13H14ClNO/c1-9(16)15-8-10-6-13(15,7-10)11-2-4-12(14)5-3-11/h2-5,10H,6-8H2,1H3. The lowest BCUT2D eigenvalue weighted by molar-refractivity contribution is -0.132. The zero-order valence-corrected chi connectivity index (χ0v) is 10.00. The Hall–Kier alpha value is -1.02. The van der Waals surface area contributed by atoms with Gasteiger partial charge in [-0.25, -0.2) is 0 Å². The molecule has 2 nitrogen and oxygen atoms in total. The van der Waals surface area contributed by atoms with Crippen LogP contribution in [0.5, 0.6) is 0 Å². The summed E-state index contributed by atoms with van der Waals surface area (Å²) in [7, 11) is 0. The van der Waals surface area contributed by atoms with Crippen molar-refractivity contribution in [3.63, 3.8) is 0 Å². The van der Waals surface area contributed by atoms with Crippen LogP contribution in [-0.2, 0) is 10.3 Å². The number of carbonyl (C=O) groups excluding carboxylic acids is 1. The highest BCUT2D eigenvalue weighted by atomic mass is 35.5. The number of nitrogens with zero attached hydrogens (tertiary/aromatic N) is 1. The Kier molecular flexibility index (Phi) is 2.05. The van der Waals surface area contributed by atoms with Crippen LogP contribution in [0.4, 0.5) is 0 Å². The minimum absolute atomic E-state index is 0.0128. The SMILES string of the molecule is CC(=O)N1CC2CC1(c1ccc(Cl)cc1)C2. The van der Waals surface area contributed by atoms with Crippen molar-refractivity contribution >= 4 is 17.5 Å². The van der Waals surface area contributed by atoms with E-state index in [0.29, 0.717) is 5.92 Å². The second kappa shape index (κ2) is 3.24. The quantitative estimate of drug-likeness (QED) is 0.733. The number of rotatable bonds is 1. The van der Waals surface area contributed by atoms with E-state index in [1.807, 2.05) is 17.0 Å². The summed E-state index contributed by atoms with van der Waals surface area (Å²) in [5.74, 6) is 0.898. The van der Waals surface area contributed by atoms with Crippen LogP contribution < -0.4 is 0 Å². The van der Waals surface area contributed by atoms with Crippen molar-refractivity contribution in [2.24, 2.45) is 5.92 Å². The summed E-state index contributed by atoms with van der Waals surface area (Å²) in [4.78, 5) is 13.7. The number of halogens is 1. The first-order chi connectivity index (χ1) is 7.62. The van der Waals surface area contributed by atoms with Crippen molar-refractivity contribution in [3.8, 4) is 0 Å². The van der Waals surface area contributed by atoms with Gasteiger partial charge < -0.3 is 4.90 Å². The zero-order chi connectivity index (χ0) is 11.3. The summed E-state index contributed by atoms with van der Waals surface area (Å²) in [5.41, 5.74) is 1.22. The van der Waals surface area contributed by atoms with Crippen LogP contribution in [0.1, 0.15) is 25.3 Å². The van der Waals surface area contributed by atoms with Crippen molar-refractivity contribution in [3.05, 3.63) is 34.9 Å². The summed E-state index contributed by atoms with van der Waals surface area (Å²) >= 11 is 5.89. The lowest BCUT2D eigenvalue weighted by Gasteiger charge is -2.42. The largest absolute Gasteiger partial charge is 0.333 e. The molecule has 1 aliphatic carbocycles. The summed E-state index contributed by atoms with van der Waals surface area (Å²) < 4.78 is 0. The maximum Gasteiger partial charge on any atom is 0.220 e. The molecule has 2 aliphatic heterocycles. The van der Waals surface area contributed by atoms with Crippen LogP contribution >= 0.6 is 11.6 Å². The van der Waals surface area contributed by atoms with Gasteiger partial charge in [0.25, 0.3) is 0 Å². The second-order valence-electron chi connectivity index (χ2n) is 4.94. The normalized spacial score (nSPS) is 31.4. The van der Waals surface area contributed by atoms with E-state index in [1.165, 1.54) is 5.56 Å². The molecular formula is C13H14ClNO. The van der Waals surface area contributed by atoms with E-state index in [2.05, 4.69) is 12.1 Å². The Morgan fingerprint density at radius 2 is 2.00 bits per heavy atom. The monoisotopic (exact) mass is 235 g/mol. The Balaban J connectivity index is 1.99. The molecule has 0 radical (unpaired) electrons. The van der Waals surface area contributed by atoms with Crippen molar-refractivity contribution in [2.45, 2.75) is 25.3 Å². The maximum absolute atomic E-state index is 11.6. The van der Waals surface area contributed by atoms with E-state index in [9.17, 15) is 4.79 Å². The number of fused-ring (bicyclic) bond motifs is 1. The fraction of sp³-hybridized carbons (Fsp3) is 0.462. The Morgan fingerprint density at radius 1 is 1.38 bits per heavy atom. The highest BCUT2D eigenvalue weighted by Crippen LogP contribution is 2.56. The summed E-state index contributed by atoms with van der Waals surface area (Å²) in [6.07, 6.45) is 2.24. The van der Waals surface area contributed by atoms with Gasteiger partial charge in [0.05, 0.1) is 5.54 Å². The van der Waals surface area contributed by atoms with Gasteiger partial charge in [0.1, 0.15) is 0 Å². The van der Waals surface area contributed by atoms with Gasteiger partial charge in [0.2, 0.25) is 5.91 Å². The molecule has 1 aromatic carbocycles. The van der Waals surface area contributed by atoms with Gasteiger partial charge in [0, 0.05) is 18.5 Å². The predicted molar refractivity (Wildman–Crippen MR) is 63.2 cm³/mol. The van der Waals surface area contributed by atoms with Crippen molar-refractivity contribution < 1.29 is 4.79 Å². The number of carbonyl (C=O) groups is 1. The summed E-state index contributed by atoms with van der Waals surface area (Å²) in [5, 5.41) is 0.753. The van der Waals surface area contributed by atoms with E-state index >= 15 is 0 Å². The first-order valence-corrected chi connectivity index (χ1v) is 6.04. The van der Waals surface area contributed by atoms with E-state index in [-0.39, 0.29) is 11.4 Å². The molecule has 1 amide bonds. The molecule has 4 rings (SSSR count). The Bertz CT molecular complexity index is 434. The number of hydrogen-bond donors (Lipinski definition) is 0. The van der Waals surface area contributed by atoms with Crippen LogP contribution in [0.3, 0.4) is 0 Å². The minimum Gasteiger partial charge on any atom is -0.333 e. The average molecular weight is 236 g/mol. The van der Waals surface area contributed by atoms with Gasteiger partial charge in [0.15, 0.2) is 0 Å². The molecule has 0 unspecified atom stereocenters. The van der Waals surface area contributed by atoms with Gasteiger partial charge in [-0.2, -0.15) is 0 Å². The highest BCUT2D eigenvalue weighted by Gasteiger charge is 2.57. The minimum atomic E-state index is -0.0128. The predicted octanol–water partition coefficient (Wildman–Crippen LogP) is 2.81. The van der Waals surface area contributed by atoms with E-state index < -0.39 is 0 Å². The molecule has 2 heterocycles. The van der Waals surface area contributed by atoms with Crippen LogP contribution in [0.2, 0.25) is 5.02 Å². The van der Waals surface area contributed by atoms with E-state index in [1.54, 1.807) is 6.92 Å². The molecule has 0 atom stereocenters. The molecule has 3 fully saturated rings. The third-order valence-corrected chi connectivity index (χ3v) is 4.22. The topological polar surface area (TPSA) is 20.3 Å². The number of hydrogen-bond acceptors (Lipinski definition) is 1. The fourth-order valence-electron chi connectivity index (χ4n) is 3.26. The third-order valence-electron chi connectivity index (χ3n) is 3.97. The highest BCUT2D eigenvalue weighted by molar-refractivity contribution is 6.30. The Morgan fingerprint density at radius 3 is 2.56 bits per heavy atom. The molecule has 1 saturated carbocycles. The van der Waals surface area contributed by atoms with Gasteiger partial charge in [-0.15, -0.1) is 0 Å². The molecule has 84 valence electrons. The summed E-state index contributed by atoms with van der Waals surface area (Å²) in [6, 6.07) is 7.94. The van der Waals surface area contributed by atoms with Crippen LogP contribution in [0, 0.1) is 5.92 Å². The van der Waals surface area contributed by atoms with Gasteiger partial charge in [-0.3, -0.25) is 4.79 Å². The van der Waals surface area contributed by atoms with E-state index in [0.717, 1.165) is 24.4 Å². The molecule has 0 aromatic heterocycles. The van der Waals surface area contributed by atoms with E-state index in [4.69, 9.17) is 11.6 Å². The van der Waals surface area contributed by atoms with Crippen LogP contribution in [-0.4, -0.2) is 17.4 Å². The number of amides is 1. The fourth-order valence-corrected chi connectivity index (χ4v) is 3.39. The van der Waals surface area contributed by atoms with Gasteiger partial charge in [-0.1, -0.05) is 23.7 Å². The summed E-state index contributed by atoms with van der Waals surface area (Å²) in [6.45, 7) is 2.59. The lowest BCUT2D eigenvalue weighted by atomic mass is 9.69.